The summed E-state index contributed by atoms with van der Waals surface area (Å²) < 4.78 is 1.75. The van der Waals surface area contributed by atoms with Gasteiger partial charge in [0.2, 0.25) is 0 Å². The maximum absolute atomic E-state index is 3.90. The second-order valence-electron chi connectivity index (χ2n) is 2.10. The molecule has 54 valence electrons. The molecule has 0 saturated heterocycles. The molecule has 1 heterocycles. The first-order valence-electron chi connectivity index (χ1n) is 3.18. The molecule has 1 N–H and O–H groups in total. The summed E-state index contributed by atoms with van der Waals surface area (Å²) in [6.07, 6.45) is 1.98. The molecule has 0 radical (unpaired) electrons. The van der Waals surface area contributed by atoms with Crippen LogP contribution < -0.4 is 4.68 Å². The van der Waals surface area contributed by atoms with E-state index >= 15 is 0 Å². The van der Waals surface area contributed by atoms with Gasteiger partial charge in [0.05, 0.1) is 16.0 Å². The van der Waals surface area contributed by atoms with Gasteiger partial charge in [-0.3, -0.25) is 0 Å². The number of aromatic nitrogens is 4. The second kappa shape index (κ2) is 2.60. The van der Waals surface area contributed by atoms with E-state index in [1.165, 1.54) is 0 Å². The Morgan fingerprint density at radius 1 is 1.70 bits per heavy atom. The zero-order valence-electron chi connectivity index (χ0n) is 6.42. The summed E-state index contributed by atoms with van der Waals surface area (Å²) in [7, 11) is 0. The van der Waals surface area contributed by atoms with Gasteiger partial charge in [0.15, 0.2) is 0 Å². The van der Waals surface area contributed by atoms with Crippen molar-refractivity contribution in [3.63, 3.8) is 0 Å². The number of rotatable bonds is 1. The molecular weight excluding hydrogens is 128 g/mol. The monoisotopic (exact) mass is 139 g/mol. The standard InChI is InChI=1S/C6H10N4/c1-4-5(2)10-6(3)7-8-9-10/h4H,1-3H3/p+1/b5-4+. The van der Waals surface area contributed by atoms with E-state index in [0.717, 1.165) is 11.5 Å². The lowest BCUT2D eigenvalue weighted by atomic mass is 10.4. The predicted molar refractivity (Wildman–Crippen MR) is 36.9 cm³/mol. The zero-order chi connectivity index (χ0) is 7.56. The van der Waals surface area contributed by atoms with Crippen molar-refractivity contribution in [3.8, 4) is 0 Å². The van der Waals surface area contributed by atoms with Crippen LogP contribution in [0.5, 0.6) is 0 Å². The van der Waals surface area contributed by atoms with Crippen molar-refractivity contribution in [2.24, 2.45) is 0 Å². The third kappa shape index (κ3) is 1.05. The van der Waals surface area contributed by atoms with Gasteiger partial charge in [0.25, 0.3) is 5.82 Å². The number of allylic oxidation sites excluding steroid dienone is 2. The molecule has 0 aromatic carbocycles. The smallest absolute Gasteiger partial charge is 0.107 e. The zero-order valence-corrected chi connectivity index (χ0v) is 6.42. The molecule has 1 rings (SSSR count). The Bertz CT molecular complexity index is 248. The van der Waals surface area contributed by atoms with E-state index in [0.29, 0.717) is 0 Å². The Morgan fingerprint density at radius 3 is 2.80 bits per heavy atom. The number of hydrogen-bond acceptors (Lipinski definition) is 2. The molecule has 0 fully saturated rings. The Labute approximate surface area is 59.5 Å². The highest BCUT2D eigenvalue weighted by Gasteiger charge is 2.07. The first-order valence-corrected chi connectivity index (χ1v) is 3.18. The average Bonchev–Trinajstić information content (AvgIpc) is 2.34. The van der Waals surface area contributed by atoms with Crippen molar-refractivity contribution < 1.29 is 4.68 Å². The lowest BCUT2D eigenvalue weighted by molar-refractivity contribution is -0.653. The normalized spacial score (nSPS) is 12.1. The van der Waals surface area contributed by atoms with Gasteiger partial charge < -0.3 is 0 Å². The van der Waals surface area contributed by atoms with Crippen LogP contribution >= 0.6 is 0 Å². The number of hydrogen-bond donors (Lipinski definition) is 1. The fraction of sp³-hybridized carbons (Fsp3) is 0.500. The van der Waals surface area contributed by atoms with Crippen LogP contribution in [0.2, 0.25) is 0 Å². The van der Waals surface area contributed by atoms with Crippen LogP contribution in [-0.4, -0.2) is 15.5 Å². The summed E-state index contributed by atoms with van der Waals surface area (Å²) in [5.41, 5.74) is 1.08. The highest BCUT2D eigenvalue weighted by atomic mass is 15.5. The number of aryl methyl sites for hydroxylation is 1. The molecule has 0 spiro atoms. The molecule has 4 nitrogen and oxygen atoms in total. The highest BCUT2D eigenvalue weighted by Crippen LogP contribution is 1.88. The van der Waals surface area contributed by atoms with Gasteiger partial charge in [-0.2, -0.15) is 0 Å². The first-order chi connectivity index (χ1) is 4.75. The van der Waals surface area contributed by atoms with Crippen LogP contribution in [0.1, 0.15) is 19.7 Å². The quantitative estimate of drug-likeness (QED) is 0.568. The molecule has 0 atom stereocenters. The van der Waals surface area contributed by atoms with Crippen LogP contribution in [0.4, 0.5) is 0 Å². The summed E-state index contributed by atoms with van der Waals surface area (Å²) in [5, 5.41) is 10.3. The van der Waals surface area contributed by atoms with Crippen LogP contribution in [-0.2, 0) is 0 Å². The van der Waals surface area contributed by atoms with Gasteiger partial charge in [-0.05, 0) is 19.1 Å². The summed E-state index contributed by atoms with van der Waals surface area (Å²) in [6, 6.07) is 0. The largest absolute Gasteiger partial charge is 0.299 e. The second-order valence-corrected chi connectivity index (χ2v) is 2.10. The lowest BCUT2D eigenvalue weighted by Crippen LogP contribution is -2.35. The van der Waals surface area contributed by atoms with Gasteiger partial charge in [-0.15, -0.1) is 4.68 Å². The Kier molecular flexibility index (Phi) is 1.80. The summed E-state index contributed by atoms with van der Waals surface area (Å²) in [6.45, 7) is 5.85. The van der Waals surface area contributed by atoms with E-state index in [1.54, 1.807) is 4.68 Å². The summed E-state index contributed by atoms with van der Waals surface area (Å²) in [5.74, 6) is 0.871. The van der Waals surface area contributed by atoms with Gasteiger partial charge in [-0.25, -0.2) is 0 Å². The van der Waals surface area contributed by atoms with E-state index in [9.17, 15) is 0 Å². The molecule has 0 aliphatic carbocycles. The molecule has 0 aliphatic rings. The van der Waals surface area contributed by atoms with Crippen LogP contribution in [0, 0.1) is 6.92 Å². The minimum Gasteiger partial charge on any atom is -0.107 e. The van der Waals surface area contributed by atoms with Crippen LogP contribution in [0.25, 0.3) is 5.70 Å². The third-order valence-corrected chi connectivity index (χ3v) is 1.41. The number of nitrogens with one attached hydrogen (secondary N) is 1. The van der Waals surface area contributed by atoms with Crippen molar-refractivity contribution >= 4 is 5.70 Å². The van der Waals surface area contributed by atoms with Crippen LogP contribution in [0.15, 0.2) is 6.08 Å². The van der Waals surface area contributed by atoms with E-state index in [2.05, 4.69) is 15.5 Å². The van der Waals surface area contributed by atoms with E-state index in [1.807, 2.05) is 26.8 Å². The van der Waals surface area contributed by atoms with Gasteiger partial charge >= 0.3 is 0 Å². The highest BCUT2D eigenvalue weighted by molar-refractivity contribution is 5.26. The Balaban J connectivity index is 3.05. The molecule has 1 aromatic heterocycles. The Hall–Kier alpha value is -1.19. The van der Waals surface area contributed by atoms with Gasteiger partial charge in [0, 0.05) is 6.92 Å². The maximum atomic E-state index is 3.90. The van der Waals surface area contributed by atoms with Crippen LogP contribution in [0.3, 0.4) is 0 Å². The molecule has 4 heteroatoms. The van der Waals surface area contributed by atoms with Crippen molar-refractivity contribution in [2.75, 3.05) is 0 Å². The van der Waals surface area contributed by atoms with E-state index < -0.39 is 0 Å². The SMILES string of the molecule is C/C=C(\C)[n+]1n[nH]nc1C. The van der Waals surface area contributed by atoms with Crippen molar-refractivity contribution in [3.05, 3.63) is 11.9 Å². The molecule has 0 amide bonds. The van der Waals surface area contributed by atoms with Crippen molar-refractivity contribution in [1.82, 2.24) is 15.5 Å². The number of nitrogens with zero attached hydrogens (tertiary/aromatic N) is 3. The fourth-order valence-electron chi connectivity index (χ4n) is 0.716. The van der Waals surface area contributed by atoms with E-state index in [-0.39, 0.29) is 0 Å². The Morgan fingerprint density at radius 2 is 2.40 bits per heavy atom. The predicted octanol–water partition coefficient (Wildman–Crippen LogP) is 0.281. The molecule has 0 saturated carbocycles. The summed E-state index contributed by atoms with van der Waals surface area (Å²) >= 11 is 0. The number of tetrazole rings is 1. The molecule has 10 heavy (non-hydrogen) atoms. The van der Waals surface area contributed by atoms with Crippen molar-refractivity contribution in [2.45, 2.75) is 20.8 Å². The first kappa shape index (κ1) is 6.92. The van der Waals surface area contributed by atoms with E-state index in [4.69, 9.17) is 0 Å². The van der Waals surface area contributed by atoms with Gasteiger partial charge in [-0.1, -0.05) is 6.08 Å². The molecular formula is C6H11N4+. The minimum absolute atomic E-state index is 0.871. The van der Waals surface area contributed by atoms with Gasteiger partial charge in [0.1, 0.15) is 0 Å². The third-order valence-electron chi connectivity index (χ3n) is 1.41. The average molecular weight is 139 g/mol. The fourth-order valence-corrected chi connectivity index (χ4v) is 0.716. The number of aromatic amines is 1. The molecule has 0 unspecified atom stereocenters. The molecule has 0 bridgehead atoms. The van der Waals surface area contributed by atoms with Crippen molar-refractivity contribution in [1.29, 1.82) is 0 Å². The molecule has 1 aromatic rings. The minimum atomic E-state index is 0.871. The summed E-state index contributed by atoms with van der Waals surface area (Å²) in [4.78, 5) is 0. The molecule has 0 aliphatic heterocycles. The topological polar surface area (TPSA) is 45.5 Å². The number of H-pyrrole nitrogens is 1. The lowest BCUT2D eigenvalue weighted by Gasteiger charge is -1.89. The maximum Gasteiger partial charge on any atom is 0.299 e.